The van der Waals surface area contributed by atoms with Gasteiger partial charge in [-0.1, -0.05) is 15.9 Å². The van der Waals surface area contributed by atoms with Crippen LogP contribution in [0.4, 0.5) is 4.39 Å². The molecule has 0 N–H and O–H groups in total. The lowest BCUT2D eigenvalue weighted by molar-refractivity contribution is 0.0525. The number of hydrogen-bond acceptors (Lipinski definition) is 2. The van der Waals surface area contributed by atoms with Crippen LogP contribution in [0, 0.1) is 12.7 Å². The Bertz CT molecular complexity index is 377. The molecule has 0 unspecified atom stereocenters. The summed E-state index contributed by atoms with van der Waals surface area (Å²) in [6.07, 6.45) is 0. The number of rotatable bonds is 3. The zero-order chi connectivity index (χ0) is 11.4. The van der Waals surface area contributed by atoms with Gasteiger partial charge in [0.1, 0.15) is 5.82 Å². The maximum Gasteiger partial charge on any atom is 0.338 e. The van der Waals surface area contributed by atoms with E-state index in [1.54, 1.807) is 13.8 Å². The number of carbonyl (C=O) groups is 1. The Hall–Kier alpha value is -0.900. The molecule has 0 bridgehead atoms. The highest BCUT2D eigenvalue weighted by molar-refractivity contribution is 9.08. The highest BCUT2D eigenvalue weighted by Crippen LogP contribution is 2.19. The molecule has 0 aromatic heterocycles. The van der Waals surface area contributed by atoms with Crippen LogP contribution in [0.2, 0.25) is 0 Å². The summed E-state index contributed by atoms with van der Waals surface area (Å²) in [5.74, 6) is -0.894. The maximum atomic E-state index is 13.2. The Labute approximate surface area is 96.6 Å². The van der Waals surface area contributed by atoms with E-state index >= 15 is 0 Å². The summed E-state index contributed by atoms with van der Waals surface area (Å²) in [6, 6.07) is 2.62. The first-order valence-electron chi connectivity index (χ1n) is 4.62. The van der Waals surface area contributed by atoms with E-state index in [4.69, 9.17) is 4.74 Å². The van der Waals surface area contributed by atoms with Crippen LogP contribution in [0.5, 0.6) is 0 Å². The van der Waals surface area contributed by atoms with Gasteiger partial charge < -0.3 is 4.74 Å². The topological polar surface area (TPSA) is 26.3 Å². The van der Waals surface area contributed by atoms with Crippen LogP contribution in [0.3, 0.4) is 0 Å². The van der Waals surface area contributed by atoms with Crippen molar-refractivity contribution in [3.63, 3.8) is 0 Å². The van der Waals surface area contributed by atoms with Gasteiger partial charge in [0.05, 0.1) is 12.2 Å². The number of alkyl halides is 1. The second-order valence-corrected chi connectivity index (χ2v) is 3.65. The zero-order valence-electron chi connectivity index (χ0n) is 8.64. The van der Waals surface area contributed by atoms with Gasteiger partial charge in [0, 0.05) is 5.33 Å². The average molecular weight is 275 g/mol. The van der Waals surface area contributed by atoms with Crippen molar-refractivity contribution in [1.29, 1.82) is 0 Å². The molecular weight excluding hydrogens is 263 g/mol. The molecule has 0 fully saturated rings. The molecule has 0 saturated carbocycles. The first kappa shape index (κ1) is 12.2. The molecule has 0 saturated heterocycles. The molecule has 0 aliphatic heterocycles. The van der Waals surface area contributed by atoms with Gasteiger partial charge in [0.25, 0.3) is 0 Å². The van der Waals surface area contributed by atoms with E-state index in [-0.39, 0.29) is 0 Å². The van der Waals surface area contributed by atoms with E-state index in [0.29, 0.717) is 17.5 Å². The van der Waals surface area contributed by atoms with Gasteiger partial charge in [-0.15, -0.1) is 0 Å². The SMILES string of the molecule is CCOC(=O)c1cc(F)cc(CBr)c1C. The second kappa shape index (κ2) is 5.26. The summed E-state index contributed by atoms with van der Waals surface area (Å²) in [7, 11) is 0. The van der Waals surface area contributed by atoms with Crippen molar-refractivity contribution in [3.8, 4) is 0 Å². The third kappa shape index (κ3) is 2.78. The van der Waals surface area contributed by atoms with Crippen LogP contribution < -0.4 is 0 Å². The van der Waals surface area contributed by atoms with Gasteiger partial charge in [0.2, 0.25) is 0 Å². The molecule has 82 valence electrons. The van der Waals surface area contributed by atoms with E-state index in [0.717, 1.165) is 11.1 Å². The number of halogens is 2. The van der Waals surface area contributed by atoms with Crippen LogP contribution in [0.1, 0.15) is 28.4 Å². The number of esters is 1. The van der Waals surface area contributed by atoms with Gasteiger partial charge in [-0.2, -0.15) is 0 Å². The molecular formula is C11H12BrFO2. The van der Waals surface area contributed by atoms with Gasteiger partial charge in [0.15, 0.2) is 0 Å². The highest BCUT2D eigenvalue weighted by Gasteiger charge is 2.14. The number of benzene rings is 1. The predicted octanol–water partition coefficient (Wildman–Crippen LogP) is 3.21. The third-order valence-electron chi connectivity index (χ3n) is 2.12. The molecule has 1 aromatic rings. The molecule has 4 heteroatoms. The smallest absolute Gasteiger partial charge is 0.338 e. The Morgan fingerprint density at radius 1 is 1.53 bits per heavy atom. The van der Waals surface area contributed by atoms with E-state index in [1.807, 2.05) is 0 Å². The van der Waals surface area contributed by atoms with Crippen LogP contribution in [0.15, 0.2) is 12.1 Å². The minimum absolute atomic E-state index is 0.290. The monoisotopic (exact) mass is 274 g/mol. The highest BCUT2D eigenvalue weighted by atomic mass is 79.9. The molecule has 15 heavy (non-hydrogen) atoms. The minimum Gasteiger partial charge on any atom is -0.462 e. The summed E-state index contributed by atoms with van der Waals surface area (Å²) >= 11 is 3.25. The van der Waals surface area contributed by atoms with E-state index in [2.05, 4.69) is 15.9 Å². The summed E-state index contributed by atoms with van der Waals surface area (Å²) in [4.78, 5) is 11.5. The lowest BCUT2D eigenvalue weighted by Gasteiger charge is -2.09. The molecule has 1 rings (SSSR count). The first-order valence-corrected chi connectivity index (χ1v) is 5.74. The van der Waals surface area contributed by atoms with Crippen LogP contribution in [-0.4, -0.2) is 12.6 Å². The Morgan fingerprint density at radius 2 is 2.20 bits per heavy atom. The zero-order valence-corrected chi connectivity index (χ0v) is 10.2. The Morgan fingerprint density at radius 3 is 2.73 bits per heavy atom. The van der Waals surface area contributed by atoms with Crippen molar-refractivity contribution < 1.29 is 13.9 Å². The number of ether oxygens (including phenoxy) is 1. The minimum atomic E-state index is -0.475. The van der Waals surface area contributed by atoms with Crippen molar-refractivity contribution in [2.45, 2.75) is 19.2 Å². The van der Waals surface area contributed by atoms with Crippen LogP contribution >= 0.6 is 15.9 Å². The predicted molar refractivity (Wildman–Crippen MR) is 59.7 cm³/mol. The van der Waals surface area contributed by atoms with Crippen LogP contribution in [-0.2, 0) is 10.1 Å². The molecule has 0 aliphatic carbocycles. The molecule has 0 atom stereocenters. The van der Waals surface area contributed by atoms with Gasteiger partial charge >= 0.3 is 5.97 Å². The summed E-state index contributed by atoms with van der Waals surface area (Å²) in [5, 5.41) is 0.517. The fourth-order valence-corrected chi connectivity index (χ4v) is 1.88. The fraction of sp³-hybridized carbons (Fsp3) is 0.364. The summed E-state index contributed by atoms with van der Waals surface area (Å²) < 4.78 is 18.0. The maximum absolute atomic E-state index is 13.2. The van der Waals surface area contributed by atoms with Gasteiger partial charge in [-0.3, -0.25) is 0 Å². The van der Waals surface area contributed by atoms with Crippen LogP contribution in [0.25, 0.3) is 0 Å². The molecule has 0 spiro atoms. The molecule has 2 nitrogen and oxygen atoms in total. The fourth-order valence-electron chi connectivity index (χ4n) is 1.30. The normalized spacial score (nSPS) is 10.1. The van der Waals surface area contributed by atoms with Crippen molar-refractivity contribution in [3.05, 3.63) is 34.6 Å². The molecule has 1 aromatic carbocycles. The quantitative estimate of drug-likeness (QED) is 0.625. The average Bonchev–Trinajstić information content (AvgIpc) is 2.21. The van der Waals surface area contributed by atoms with Gasteiger partial charge in [-0.25, -0.2) is 9.18 Å². The second-order valence-electron chi connectivity index (χ2n) is 3.09. The van der Waals surface area contributed by atoms with E-state index in [1.165, 1.54) is 12.1 Å². The van der Waals surface area contributed by atoms with Crippen molar-refractivity contribution in [2.75, 3.05) is 6.61 Å². The lowest BCUT2D eigenvalue weighted by Crippen LogP contribution is -2.08. The molecule has 0 heterocycles. The summed E-state index contributed by atoms with van der Waals surface area (Å²) in [6.45, 7) is 3.79. The Kier molecular flexibility index (Phi) is 4.27. The largest absolute Gasteiger partial charge is 0.462 e. The number of hydrogen-bond donors (Lipinski definition) is 0. The van der Waals surface area contributed by atoms with Crippen molar-refractivity contribution in [2.24, 2.45) is 0 Å². The molecule has 0 amide bonds. The third-order valence-corrected chi connectivity index (χ3v) is 2.72. The summed E-state index contributed by atoms with van der Waals surface area (Å²) in [5.41, 5.74) is 1.82. The number of carbonyl (C=O) groups excluding carboxylic acids is 1. The first-order chi connectivity index (χ1) is 7.10. The van der Waals surface area contributed by atoms with Crippen molar-refractivity contribution >= 4 is 21.9 Å². The molecule has 0 radical (unpaired) electrons. The van der Waals surface area contributed by atoms with Crippen molar-refractivity contribution in [1.82, 2.24) is 0 Å². The lowest BCUT2D eigenvalue weighted by atomic mass is 10.0. The Balaban J connectivity index is 3.17. The standard InChI is InChI=1S/C11H12BrFO2/c1-3-15-11(14)10-5-9(13)4-8(6-12)7(10)2/h4-5H,3,6H2,1-2H3. The van der Waals surface area contributed by atoms with Gasteiger partial charge in [-0.05, 0) is 37.1 Å². The molecule has 0 aliphatic rings. The van der Waals surface area contributed by atoms with E-state index in [9.17, 15) is 9.18 Å². The van der Waals surface area contributed by atoms with E-state index < -0.39 is 11.8 Å².